The number of hydrogen-bond acceptors (Lipinski definition) is 2. The highest BCUT2D eigenvalue weighted by Gasteiger charge is 2.40. The van der Waals surface area contributed by atoms with Crippen LogP contribution in [0.15, 0.2) is 22.7 Å². The summed E-state index contributed by atoms with van der Waals surface area (Å²) in [5.41, 5.74) is 0.633. The molecule has 0 aliphatic carbocycles. The van der Waals surface area contributed by atoms with Crippen molar-refractivity contribution >= 4 is 27.8 Å². The third-order valence-corrected chi connectivity index (χ3v) is 4.33. The van der Waals surface area contributed by atoms with Gasteiger partial charge in [-0.25, -0.2) is 4.39 Å². The summed E-state index contributed by atoms with van der Waals surface area (Å²) in [5.74, 6) is -2.07. The Hall–Kier alpha value is -1.43. The SMILES string of the molecule is CCN1C(=O)CCC(C(=O)O)C1c1ccc(F)cc1Br. The molecule has 1 aromatic rings. The first-order valence-electron chi connectivity index (χ1n) is 6.43. The van der Waals surface area contributed by atoms with Gasteiger partial charge in [-0.05, 0) is 31.0 Å². The lowest BCUT2D eigenvalue weighted by Crippen LogP contribution is -2.45. The second-order valence-corrected chi connectivity index (χ2v) is 5.63. The van der Waals surface area contributed by atoms with Crippen molar-refractivity contribution in [2.75, 3.05) is 6.54 Å². The standard InChI is InChI=1S/C14H15BrFNO3/c1-2-17-12(18)6-5-10(14(19)20)13(17)9-4-3-8(16)7-11(9)15/h3-4,7,10,13H,2,5-6H2,1H3,(H,19,20). The van der Waals surface area contributed by atoms with E-state index in [0.717, 1.165) is 0 Å². The molecule has 2 rings (SSSR count). The van der Waals surface area contributed by atoms with E-state index in [4.69, 9.17) is 0 Å². The van der Waals surface area contributed by atoms with Crippen molar-refractivity contribution in [2.24, 2.45) is 5.92 Å². The van der Waals surface area contributed by atoms with E-state index in [0.29, 0.717) is 23.0 Å². The monoisotopic (exact) mass is 343 g/mol. The largest absolute Gasteiger partial charge is 0.481 e. The van der Waals surface area contributed by atoms with Crippen LogP contribution in [0.5, 0.6) is 0 Å². The summed E-state index contributed by atoms with van der Waals surface area (Å²) >= 11 is 3.26. The number of rotatable bonds is 3. The Morgan fingerprint density at radius 1 is 1.55 bits per heavy atom. The van der Waals surface area contributed by atoms with Crippen LogP contribution >= 0.6 is 15.9 Å². The normalized spacial score (nSPS) is 22.9. The molecule has 1 aliphatic rings. The number of carbonyl (C=O) groups excluding carboxylic acids is 1. The Bertz CT molecular complexity index is 547. The Kier molecular flexibility index (Phi) is 4.42. The van der Waals surface area contributed by atoms with Gasteiger partial charge in [-0.15, -0.1) is 0 Å². The fraction of sp³-hybridized carbons (Fsp3) is 0.429. The van der Waals surface area contributed by atoms with Crippen LogP contribution in [-0.4, -0.2) is 28.4 Å². The first-order chi connectivity index (χ1) is 9.45. The van der Waals surface area contributed by atoms with E-state index in [1.54, 1.807) is 11.0 Å². The van der Waals surface area contributed by atoms with Crippen LogP contribution in [0, 0.1) is 11.7 Å². The third-order valence-electron chi connectivity index (χ3n) is 3.65. The molecule has 108 valence electrons. The van der Waals surface area contributed by atoms with E-state index >= 15 is 0 Å². The topological polar surface area (TPSA) is 57.6 Å². The van der Waals surface area contributed by atoms with Gasteiger partial charge in [0.25, 0.3) is 0 Å². The molecule has 4 nitrogen and oxygen atoms in total. The Labute approximate surface area is 124 Å². The van der Waals surface area contributed by atoms with E-state index in [-0.39, 0.29) is 12.3 Å². The van der Waals surface area contributed by atoms with Gasteiger partial charge in [-0.3, -0.25) is 9.59 Å². The summed E-state index contributed by atoms with van der Waals surface area (Å²) in [6.45, 7) is 2.24. The summed E-state index contributed by atoms with van der Waals surface area (Å²) in [4.78, 5) is 25.0. The van der Waals surface area contributed by atoms with Gasteiger partial charge in [0.15, 0.2) is 0 Å². The number of likely N-dealkylation sites (tertiary alicyclic amines) is 1. The van der Waals surface area contributed by atoms with Gasteiger partial charge in [-0.1, -0.05) is 22.0 Å². The highest BCUT2D eigenvalue weighted by Crippen LogP contribution is 2.39. The number of amides is 1. The maximum atomic E-state index is 13.2. The van der Waals surface area contributed by atoms with Crippen molar-refractivity contribution in [3.8, 4) is 0 Å². The van der Waals surface area contributed by atoms with Crippen molar-refractivity contribution < 1.29 is 19.1 Å². The molecule has 0 aromatic heterocycles. The molecule has 0 radical (unpaired) electrons. The van der Waals surface area contributed by atoms with Crippen LogP contribution in [0.1, 0.15) is 31.4 Å². The van der Waals surface area contributed by atoms with Gasteiger partial charge in [-0.2, -0.15) is 0 Å². The predicted molar refractivity (Wildman–Crippen MR) is 74.6 cm³/mol. The predicted octanol–water partition coefficient (Wildman–Crippen LogP) is 2.97. The molecule has 1 heterocycles. The van der Waals surface area contributed by atoms with Crippen LogP contribution in [0.2, 0.25) is 0 Å². The van der Waals surface area contributed by atoms with Gasteiger partial charge in [0.1, 0.15) is 5.82 Å². The minimum Gasteiger partial charge on any atom is -0.481 e. The number of nitrogens with zero attached hydrogens (tertiary/aromatic N) is 1. The van der Waals surface area contributed by atoms with E-state index in [2.05, 4.69) is 15.9 Å². The molecule has 2 atom stereocenters. The number of aliphatic carboxylic acids is 1. The average molecular weight is 344 g/mol. The lowest BCUT2D eigenvalue weighted by molar-refractivity contribution is -0.151. The minimum absolute atomic E-state index is 0.0637. The Balaban J connectivity index is 2.49. The van der Waals surface area contributed by atoms with E-state index in [1.165, 1.54) is 12.1 Å². The van der Waals surface area contributed by atoms with Gasteiger partial charge >= 0.3 is 5.97 Å². The first-order valence-corrected chi connectivity index (χ1v) is 7.22. The second-order valence-electron chi connectivity index (χ2n) is 4.77. The van der Waals surface area contributed by atoms with E-state index < -0.39 is 23.7 Å². The molecule has 1 amide bonds. The maximum absolute atomic E-state index is 13.2. The maximum Gasteiger partial charge on any atom is 0.308 e. The number of carboxylic acid groups (broad SMARTS) is 1. The highest BCUT2D eigenvalue weighted by atomic mass is 79.9. The van der Waals surface area contributed by atoms with E-state index in [1.807, 2.05) is 6.92 Å². The molecule has 20 heavy (non-hydrogen) atoms. The summed E-state index contributed by atoms with van der Waals surface area (Å²) < 4.78 is 13.7. The first kappa shape index (κ1) is 15.0. The zero-order chi connectivity index (χ0) is 14.9. The fourth-order valence-electron chi connectivity index (χ4n) is 2.71. The number of carboxylic acids is 1. The molecule has 1 saturated heterocycles. The van der Waals surface area contributed by atoms with Crippen molar-refractivity contribution in [3.05, 3.63) is 34.1 Å². The molecule has 1 aliphatic heterocycles. The molecule has 1 N–H and O–H groups in total. The number of hydrogen-bond donors (Lipinski definition) is 1. The number of piperidine rings is 1. The lowest BCUT2D eigenvalue weighted by atomic mass is 9.84. The van der Waals surface area contributed by atoms with Crippen LogP contribution in [0.25, 0.3) is 0 Å². The Morgan fingerprint density at radius 2 is 2.25 bits per heavy atom. The van der Waals surface area contributed by atoms with Crippen LogP contribution in [0.3, 0.4) is 0 Å². The minimum atomic E-state index is -0.933. The molecule has 2 unspecified atom stereocenters. The fourth-order valence-corrected chi connectivity index (χ4v) is 3.30. The molecule has 0 bridgehead atoms. The average Bonchev–Trinajstić information content (AvgIpc) is 2.38. The molecule has 1 aromatic carbocycles. The quantitative estimate of drug-likeness (QED) is 0.917. The number of halogens is 2. The summed E-state index contributed by atoms with van der Waals surface area (Å²) in [6, 6.07) is 3.56. The molecule has 6 heteroatoms. The van der Waals surface area contributed by atoms with Gasteiger partial charge in [0.05, 0.1) is 12.0 Å². The molecular weight excluding hydrogens is 329 g/mol. The zero-order valence-corrected chi connectivity index (χ0v) is 12.6. The van der Waals surface area contributed by atoms with Crippen molar-refractivity contribution in [1.29, 1.82) is 0 Å². The molecule has 1 fully saturated rings. The van der Waals surface area contributed by atoms with Gasteiger partial charge in [0, 0.05) is 17.4 Å². The van der Waals surface area contributed by atoms with Gasteiger partial charge in [0.2, 0.25) is 5.91 Å². The molecule has 0 spiro atoms. The zero-order valence-electron chi connectivity index (χ0n) is 11.0. The van der Waals surface area contributed by atoms with Crippen LogP contribution in [-0.2, 0) is 9.59 Å². The highest BCUT2D eigenvalue weighted by molar-refractivity contribution is 9.10. The number of carbonyl (C=O) groups is 2. The van der Waals surface area contributed by atoms with Crippen molar-refractivity contribution in [1.82, 2.24) is 4.90 Å². The lowest BCUT2D eigenvalue weighted by Gasteiger charge is -2.39. The Morgan fingerprint density at radius 3 is 2.80 bits per heavy atom. The summed E-state index contributed by atoms with van der Waals surface area (Å²) in [7, 11) is 0. The third kappa shape index (κ3) is 2.70. The molecule has 0 saturated carbocycles. The van der Waals surface area contributed by atoms with Crippen LogP contribution in [0.4, 0.5) is 4.39 Å². The summed E-state index contributed by atoms with van der Waals surface area (Å²) in [6.07, 6.45) is 0.541. The molecular formula is C14H15BrFNO3. The van der Waals surface area contributed by atoms with Crippen LogP contribution < -0.4 is 0 Å². The van der Waals surface area contributed by atoms with E-state index in [9.17, 15) is 19.1 Å². The summed E-state index contributed by atoms with van der Waals surface area (Å²) in [5, 5.41) is 9.39. The smallest absolute Gasteiger partial charge is 0.308 e. The van der Waals surface area contributed by atoms with Gasteiger partial charge < -0.3 is 10.0 Å². The number of benzene rings is 1. The van der Waals surface area contributed by atoms with Crippen molar-refractivity contribution in [3.63, 3.8) is 0 Å². The second kappa shape index (κ2) is 5.91. The van der Waals surface area contributed by atoms with Crippen molar-refractivity contribution in [2.45, 2.75) is 25.8 Å².